The summed E-state index contributed by atoms with van der Waals surface area (Å²) >= 11 is 5.73. The molecule has 3 nitrogen and oxygen atoms in total. The van der Waals surface area contributed by atoms with Crippen LogP contribution in [0.15, 0.2) is 40.8 Å². The molecule has 2 rings (SSSR count). The van der Waals surface area contributed by atoms with Crippen LogP contribution < -0.4 is 10.1 Å². The molecular formula is C14H16ClNO2. The summed E-state index contributed by atoms with van der Waals surface area (Å²) in [5, 5.41) is 3.78. The maximum absolute atomic E-state index is 5.73. The number of furan rings is 1. The third kappa shape index (κ3) is 3.06. The molecule has 0 aliphatic heterocycles. The van der Waals surface area contributed by atoms with Crippen LogP contribution in [0.4, 0.5) is 0 Å². The topological polar surface area (TPSA) is 34.4 Å². The SMILES string of the molecule is COc1ccccc1[C@@H](C)NCc1ccc(Cl)o1. The largest absolute Gasteiger partial charge is 0.496 e. The van der Waals surface area contributed by atoms with Crippen LogP contribution in [0, 0.1) is 0 Å². The van der Waals surface area contributed by atoms with Crippen molar-refractivity contribution in [3.05, 3.63) is 52.9 Å². The average Bonchev–Trinajstić information content (AvgIpc) is 2.81. The fourth-order valence-electron chi connectivity index (χ4n) is 1.83. The van der Waals surface area contributed by atoms with Crippen LogP contribution in [0.3, 0.4) is 0 Å². The Bertz CT molecular complexity index is 510. The molecule has 0 spiro atoms. The third-order valence-corrected chi connectivity index (χ3v) is 3.02. The van der Waals surface area contributed by atoms with E-state index in [-0.39, 0.29) is 6.04 Å². The molecule has 4 heteroatoms. The van der Waals surface area contributed by atoms with Gasteiger partial charge in [-0.05, 0) is 36.7 Å². The molecule has 1 aromatic carbocycles. The minimum absolute atomic E-state index is 0.171. The smallest absolute Gasteiger partial charge is 0.193 e. The van der Waals surface area contributed by atoms with E-state index in [0.29, 0.717) is 11.8 Å². The quantitative estimate of drug-likeness (QED) is 0.893. The number of benzene rings is 1. The molecule has 0 amide bonds. The van der Waals surface area contributed by atoms with Gasteiger partial charge in [0.25, 0.3) is 0 Å². The van der Waals surface area contributed by atoms with E-state index >= 15 is 0 Å². The van der Waals surface area contributed by atoms with E-state index in [2.05, 4.69) is 12.2 Å². The lowest BCUT2D eigenvalue weighted by molar-refractivity contribution is 0.398. The van der Waals surface area contributed by atoms with E-state index in [9.17, 15) is 0 Å². The van der Waals surface area contributed by atoms with Gasteiger partial charge in [0.2, 0.25) is 0 Å². The number of hydrogen-bond donors (Lipinski definition) is 1. The molecule has 18 heavy (non-hydrogen) atoms. The van der Waals surface area contributed by atoms with Crippen LogP contribution in [0.5, 0.6) is 5.75 Å². The highest BCUT2D eigenvalue weighted by Gasteiger charge is 2.10. The number of nitrogens with one attached hydrogen (secondary N) is 1. The molecular weight excluding hydrogens is 250 g/mol. The second-order valence-electron chi connectivity index (χ2n) is 4.05. The van der Waals surface area contributed by atoms with Crippen molar-refractivity contribution in [2.24, 2.45) is 0 Å². The van der Waals surface area contributed by atoms with Gasteiger partial charge in [0.05, 0.1) is 13.7 Å². The van der Waals surface area contributed by atoms with E-state index in [4.69, 9.17) is 20.8 Å². The van der Waals surface area contributed by atoms with Gasteiger partial charge in [0.15, 0.2) is 5.22 Å². The zero-order valence-electron chi connectivity index (χ0n) is 10.4. The number of rotatable bonds is 5. The van der Waals surface area contributed by atoms with Crippen molar-refractivity contribution in [1.82, 2.24) is 5.32 Å². The maximum Gasteiger partial charge on any atom is 0.193 e. The predicted molar refractivity (Wildman–Crippen MR) is 72.0 cm³/mol. The van der Waals surface area contributed by atoms with Crippen LogP contribution in [0.25, 0.3) is 0 Å². The highest BCUT2D eigenvalue weighted by atomic mass is 35.5. The van der Waals surface area contributed by atoms with Gasteiger partial charge in [0, 0.05) is 11.6 Å². The van der Waals surface area contributed by atoms with Gasteiger partial charge >= 0.3 is 0 Å². The first-order valence-corrected chi connectivity index (χ1v) is 6.19. The molecule has 1 aromatic heterocycles. The normalized spacial score (nSPS) is 12.4. The maximum atomic E-state index is 5.73. The molecule has 0 bridgehead atoms. The van der Waals surface area contributed by atoms with Gasteiger partial charge in [0.1, 0.15) is 11.5 Å². The van der Waals surface area contributed by atoms with E-state index in [0.717, 1.165) is 17.1 Å². The fourth-order valence-corrected chi connectivity index (χ4v) is 2.00. The van der Waals surface area contributed by atoms with E-state index < -0.39 is 0 Å². The first-order valence-electron chi connectivity index (χ1n) is 5.81. The molecule has 1 heterocycles. The summed E-state index contributed by atoms with van der Waals surface area (Å²) in [6.07, 6.45) is 0. The number of ether oxygens (including phenoxy) is 1. The Morgan fingerprint density at radius 1 is 1.28 bits per heavy atom. The minimum atomic E-state index is 0.171. The van der Waals surface area contributed by atoms with Gasteiger partial charge in [-0.1, -0.05) is 18.2 Å². The molecule has 0 aliphatic rings. The van der Waals surface area contributed by atoms with Crippen molar-refractivity contribution >= 4 is 11.6 Å². The number of para-hydroxylation sites is 1. The number of halogens is 1. The summed E-state index contributed by atoms with van der Waals surface area (Å²) in [5.41, 5.74) is 1.12. The predicted octanol–water partition coefficient (Wildman–Crippen LogP) is 3.79. The second-order valence-corrected chi connectivity index (χ2v) is 4.42. The van der Waals surface area contributed by atoms with Crippen molar-refractivity contribution < 1.29 is 9.15 Å². The first-order chi connectivity index (χ1) is 8.70. The van der Waals surface area contributed by atoms with Crippen molar-refractivity contribution in [1.29, 1.82) is 0 Å². The summed E-state index contributed by atoms with van der Waals surface area (Å²) in [6.45, 7) is 2.72. The molecule has 0 aliphatic carbocycles. The zero-order chi connectivity index (χ0) is 13.0. The molecule has 0 unspecified atom stereocenters. The monoisotopic (exact) mass is 265 g/mol. The Kier molecular flexibility index (Phi) is 4.28. The summed E-state index contributed by atoms with van der Waals surface area (Å²) in [4.78, 5) is 0. The summed E-state index contributed by atoms with van der Waals surface area (Å²) in [7, 11) is 1.68. The molecule has 0 saturated carbocycles. The van der Waals surface area contributed by atoms with E-state index in [1.54, 1.807) is 13.2 Å². The van der Waals surface area contributed by atoms with E-state index in [1.807, 2.05) is 30.3 Å². The van der Waals surface area contributed by atoms with Gasteiger partial charge in [-0.15, -0.1) is 0 Å². The van der Waals surface area contributed by atoms with Gasteiger partial charge in [-0.2, -0.15) is 0 Å². The Balaban J connectivity index is 2.01. The van der Waals surface area contributed by atoms with E-state index in [1.165, 1.54) is 0 Å². The third-order valence-electron chi connectivity index (χ3n) is 2.82. The molecule has 2 aromatic rings. The molecule has 0 saturated heterocycles. The molecule has 1 N–H and O–H groups in total. The molecule has 0 radical (unpaired) electrons. The van der Waals surface area contributed by atoms with Crippen molar-refractivity contribution in [2.45, 2.75) is 19.5 Å². The molecule has 1 atom stereocenters. The van der Waals surface area contributed by atoms with Crippen molar-refractivity contribution in [3.8, 4) is 5.75 Å². The summed E-state index contributed by atoms with van der Waals surface area (Å²) in [5.74, 6) is 1.71. The van der Waals surface area contributed by atoms with Crippen LogP contribution >= 0.6 is 11.6 Å². The van der Waals surface area contributed by atoms with Crippen molar-refractivity contribution in [2.75, 3.05) is 7.11 Å². The van der Waals surface area contributed by atoms with Gasteiger partial charge < -0.3 is 14.5 Å². The molecule has 96 valence electrons. The zero-order valence-corrected chi connectivity index (χ0v) is 11.2. The van der Waals surface area contributed by atoms with Crippen LogP contribution in [-0.4, -0.2) is 7.11 Å². The standard InChI is InChI=1S/C14H16ClNO2/c1-10(12-5-3-4-6-13(12)17-2)16-9-11-7-8-14(15)18-11/h3-8,10,16H,9H2,1-2H3/t10-/m1/s1. The Hall–Kier alpha value is -1.45. The Labute approximate surface area is 112 Å². The molecule has 0 fully saturated rings. The second kappa shape index (κ2) is 5.94. The summed E-state index contributed by atoms with van der Waals surface area (Å²) in [6, 6.07) is 11.7. The number of methoxy groups -OCH3 is 1. The van der Waals surface area contributed by atoms with Crippen molar-refractivity contribution in [3.63, 3.8) is 0 Å². The van der Waals surface area contributed by atoms with Gasteiger partial charge in [-0.3, -0.25) is 0 Å². The van der Waals surface area contributed by atoms with Gasteiger partial charge in [-0.25, -0.2) is 0 Å². The highest BCUT2D eigenvalue weighted by Crippen LogP contribution is 2.24. The Morgan fingerprint density at radius 2 is 2.06 bits per heavy atom. The van der Waals surface area contributed by atoms with Crippen LogP contribution in [-0.2, 0) is 6.54 Å². The average molecular weight is 266 g/mol. The lowest BCUT2D eigenvalue weighted by Crippen LogP contribution is -2.18. The first kappa shape index (κ1) is 13.0. The fraction of sp³-hybridized carbons (Fsp3) is 0.286. The number of hydrogen-bond acceptors (Lipinski definition) is 3. The lowest BCUT2D eigenvalue weighted by atomic mass is 10.1. The summed E-state index contributed by atoms with van der Waals surface area (Å²) < 4.78 is 10.6. The van der Waals surface area contributed by atoms with Crippen LogP contribution in [0.1, 0.15) is 24.3 Å². The highest BCUT2D eigenvalue weighted by molar-refractivity contribution is 6.28. The minimum Gasteiger partial charge on any atom is -0.496 e. The lowest BCUT2D eigenvalue weighted by Gasteiger charge is -2.16. The van der Waals surface area contributed by atoms with Crippen LogP contribution in [0.2, 0.25) is 5.22 Å². The Morgan fingerprint density at radius 3 is 2.72 bits per heavy atom.